The minimum atomic E-state index is 0.333. The minimum Gasteiger partial charge on any atom is -0.271 e. The Hall–Kier alpha value is -0.0200. The highest BCUT2D eigenvalue weighted by Crippen LogP contribution is 2.32. The van der Waals surface area contributed by atoms with E-state index in [2.05, 4.69) is 21.0 Å². The van der Waals surface area contributed by atoms with Gasteiger partial charge in [0, 0.05) is 12.4 Å². The quantitative estimate of drug-likeness (QED) is 0.589. The molecule has 0 radical (unpaired) electrons. The fraction of sp³-hybridized carbons (Fsp3) is 0.769. The van der Waals surface area contributed by atoms with Gasteiger partial charge in [0.2, 0.25) is 0 Å². The molecule has 2 atom stereocenters. The van der Waals surface area contributed by atoms with Crippen LogP contribution in [0, 0.1) is 12.8 Å². The van der Waals surface area contributed by atoms with E-state index in [0.717, 1.165) is 16.6 Å². The summed E-state index contributed by atoms with van der Waals surface area (Å²) in [5.74, 6) is 0.602. The first kappa shape index (κ1) is 13.4. The molecular weight excluding hydrogens is 300 g/mol. The average Bonchev–Trinajstić information content (AvgIpc) is 2.45. The lowest BCUT2D eigenvalue weighted by Gasteiger charge is -2.19. The number of hydrogen-bond donors (Lipinski definition) is 0. The van der Waals surface area contributed by atoms with Gasteiger partial charge in [-0.3, -0.25) is 4.68 Å². The Bertz CT molecular complexity index is 389. The molecule has 2 unspecified atom stereocenters. The highest BCUT2D eigenvalue weighted by atomic mass is 79.9. The zero-order valence-corrected chi connectivity index (χ0v) is 12.9. The second-order valence-electron chi connectivity index (χ2n) is 5.09. The Kier molecular flexibility index (Phi) is 4.53. The van der Waals surface area contributed by atoms with Gasteiger partial charge in [-0.25, -0.2) is 0 Å². The van der Waals surface area contributed by atoms with Crippen molar-refractivity contribution in [1.29, 1.82) is 0 Å². The summed E-state index contributed by atoms with van der Waals surface area (Å²) in [4.78, 5) is 0. The molecule has 0 N–H and O–H groups in total. The maximum Gasteiger partial charge on any atom is 0.0738 e. The Labute approximate surface area is 117 Å². The zero-order valence-electron chi connectivity index (χ0n) is 10.5. The molecular formula is C13H20BrClN2. The van der Waals surface area contributed by atoms with Gasteiger partial charge >= 0.3 is 0 Å². The molecule has 1 saturated carbocycles. The summed E-state index contributed by atoms with van der Waals surface area (Å²) in [5.41, 5.74) is 2.36. The molecule has 2 nitrogen and oxygen atoms in total. The summed E-state index contributed by atoms with van der Waals surface area (Å²) in [6.07, 6.45) is 7.42. The first-order chi connectivity index (χ1) is 8.09. The van der Waals surface area contributed by atoms with E-state index < -0.39 is 0 Å². The average molecular weight is 320 g/mol. The summed E-state index contributed by atoms with van der Waals surface area (Å²) in [6, 6.07) is 0. The van der Waals surface area contributed by atoms with Gasteiger partial charge in [-0.15, -0.1) is 11.6 Å². The zero-order chi connectivity index (χ0) is 12.4. The number of halogens is 2. The first-order valence-electron chi connectivity index (χ1n) is 6.41. The predicted molar refractivity (Wildman–Crippen MR) is 75.6 cm³/mol. The van der Waals surface area contributed by atoms with Gasteiger partial charge < -0.3 is 0 Å². The summed E-state index contributed by atoms with van der Waals surface area (Å²) in [7, 11) is 2.02. The number of aromatic nitrogens is 2. The molecule has 0 aromatic carbocycles. The van der Waals surface area contributed by atoms with Crippen molar-refractivity contribution >= 4 is 27.5 Å². The Morgan fingerprint density at radius 3 is 2.71 bits per heavy atom. The molecule has 1 aliphatic rings. The lowest BCUT2D eigenvalue weighted by Crippen LogP contribution is -2.18. The van der Waals surface area contributed by atoms with E-state index in [4.69, 9.17) is 11.6 Å². The Balaban J connectivity index is 2.13. The van der Waals surface area contributed by atoms with Crippen LogP contribution >= 0.6 is 27.5 Å². The molecule has 0 saturated heterocycles. The molecule has 17 heavy (non-hydrogen) atoms. The van der Waals surface area contributed by atoms with Gasteiger partial charge in [-0.2, -0.15) is 5.10 Å². The molecule has 2 rings (SSSR count). The molecule has 0 bridgehead atoms. The van der Waals surface area contributed by atoms with Crippen LogP contribution in [0.3, 0.4) is 0 Å². The van der Waals surface area contributed by atoms with Gasteiger partial charge in [0.1, 0.15) is 0 Å². The first-order valence-corrected chi connectivity index (χ1v) is 7.64. The van der Waals surface area contributed by atoms with E-state index in [1.807, 2.05) is 18.7 Å². The van der Waals surface area contributed by atoms with Crippen molar-refractivity contribution in [3.8, 4) is 0 Å². The van der Waals surface area contributed by atoms with Gasteiger partial charge in [0.25, 0.3) is 0 Å². The number of nitrogens with zero attached hydrogens (tertiary/aromatic N) is 2. The number of aryl methyl sites for hydroxylation is 2. The smallest absolute Gasteiger partial charge is 0.0738 e. The van der Waals surface area contributed by atoms with E-state index in [9.17, 15) is 0 Å². The molecule has 4 heteroatoms. The molecule has 1 aromatic heterocycles. The van der Waals surface area contributed by atoms with Gasteiger partial charge in [0.15, 0.2) is 0 Å². The van der Waals surface area contributed by atoms with Crippen LogP contribution in [0.1, 0.15) is 43.5 Å². The maximum absolute atomic E-state index is 6.50. The number of rotatable bonds is 2. The second kappa shape index (κ2) is 5.75. The molecule has 0 spiro atoms. The predicted octanol–water partition coefficient (Wildman–Crippen LogP) is 4.22. The van der Waals surface area contributed by atoms with Crippen LogP contribution < -0.4 is 0 Å². The molecule has 1 fully saturated rings. The van der Waals surface area contributed by atoms with Crippen molar-refractivity contribution < 1.29 is 0 Å². The summed E-state index contributed by atoms with van der Waals surface area (Å²) in [6.45, 7) is 2.04. The fourth-order valence-corrected chi connectivity index (χ4v) is 3.59. The summed E-state index contributed by atoms with van der Waals surface area (Å²) in [5, 5.41) is 4.78. The highest BCUT2D eigenvalue weighted by molar-refractivity contribution is 9.10. The van der Waals surface area contributed by atoms with Crippen molar-refractivity contribution in [3.05, 3.63) is 15.9 Å². The van der Waals surface area contributed by atoms with Crippen LogP contribution in [0.4, 0.5) is 0 Å². The molecule has 96 valence electrons. The topological polar surface area (TPSA) is 17.8 Å². The largest absolute Gasteiger partial charge is 0.271 e. The van der Waals surface area contributed by atoms with E-state index in [-0.39, 0.29) is 0 Å². The van der Waals surface area contributed by atoms with Crippen LogP contribution in [0.25, 0.3) is 0 Å². The Morgan fingerprint density at radius 1 is 1.35 bits per heavy atom. The van der Waals surface area contributed by atoms with Gasteiger partial charge in [-0.1, -0.05) is 19.3 Å². The SMILES string of the molecule is Cc1nn(C)c(CC2CCCCCC2Cl)c1Br. The highest BCUT2D eigenvalue weighted by Gasteiger charge is 2.24. The minimum absolute atomic E-state index is 0.333. The van der Waals surface area contributed by atoms with Gasteiger partial charge in [0.05, 0.1) is 15.9 Å². The van der Waals surface area contributed by atoms with Crippen molar-refractivity contribution in [2.24, 2.45) is 13.0 Å². The molecule has 0 amide bonds. The standard InChI is InChI=1S/C13H20BrClN2/c1-9-13(14)12(17(2)16-9)8-10-6-4-3-5-7-11(10)15/h10-11H,3-8H2,1-2H3. The lowest BCUT2D eigenvalue weighted by molar-refractivity contribution is 0.450. The third-order valence-electron chi connectivity index (χ3n) is 3.78. The van der Waals surface area contributed by atoms with Crippen molar-refractivity contribution in [3.63, 3.8) is 0 Å². The normalized spacial score (nSPS) is 25.9. The van der Waals surface area contributed by atoms with Crippen LogP contribution in [0.15, 0.2) is 4.47 Å². The van der Waals surface area contributed by atoms with Crippen LogP contribution in [0.5, 0.6) is 0 Å². The van der Waals surface area contributed by atoms with E-state index >= 15 is 0 Å². The van der Waals surface area contributed by atoms with Crippen LogP contribution in [-0.4, -0.2) is 15.2 Å². The van der Waals surface area contributed by atoms with Gasteiger partial charge in [-0.05, 0) is 48.0 Å². The van der Waals surface area contributed by atoms with E-state index in [0.29, 0.717) is 11.3 Å². The van der Waals surface area contributed by atoms with E-state index in [1.54, 1.807) is 0 Å². The van der Waals surface area contributed by atoms with Crippen molar-refractivity contribution in [1.82, 2.24) is 9.78 Å². The molecule has 0 aliphatic heterocycles. The monoisotopic (exact) mass is 318 g/mol. The van der Waals surface area contributed by atoms with Crippen LogP contribution in [-0.2, 0) is 13.5 Å². The van der Waals surface area contributed by atoms with E-state index in [1.165, 1.54) is 37.8 Å². The van der Waals surface area contributed by atoms with Crippen LogP contribution in [0.2, 0.25) is 0 Å². The molecule has 1 aromatic rings. The lowest BCUT2D eigenvalue weighted by atomic mass is 9.94. The number of alkyl halides is 1. The summed E-state index contributed by atoms with van der Waals surface area (Å²) < 4.78 is 3.15. The molecule has 1 aliphatic carbocycles. The third-order valence-corrected chi connectivity index (χ3v) is 5.39. The Morgan fingerprint density at radius 2 is 2.06 bits per heavy atom. The molecule has 1 heterocycles. The van der Waals surface area contributed by atoms with Crippen molar-refractivity contribution in [2.45, 2.75) is 50.8 Å². The third kappa shape index (κ3) is 3.05. The maximum atomic E-state index is 6.50. The van der Waals surface area contributed by atoms with Crippen molar-refractivity contribution in [2.75, 3.05) is 0 Å². The summed E-state index contributed by atoms with van der Waals surface area (Å²) >= 11 is 10.1. The fourth-order valence-electron chi connectivity index (χ4n) is 2.72. The number of hydrogen-bond acceptors (Lipinski definition) is 1. The second-order valence-corrected chi connectivity index (χ2v) is 6.44.